The molecule has 1 aromatic heterocycles. The Morgan fingerprint density at radius 3 is 2.86 bits per heavy atom. The molecule has 154 valence electrons. The van der Waals surface area contributed by atoms with E-state index in [0.29, 0.717) is 19.7 Å². The number of amides is 1. The molecule has 0 N–H and O–H groups in total. The number of hydrogen-bond acceptors (Lipinski definition) is 5. The quantitative estimate of drug-likeness (QED) is 0.794. The molecule has 0 saturated carbocycles. The van der Waals surface area contributed by atoms with Crippen LogP contribution in [0.25, 0.3) is 0 Å². The second-order valence-electron chi connectivity index (χ2n) is 8.18. The van der Waals surface area contributed by atoms with Gasteiger partial charge >= 0.3 is 0 Å². The zero-order chi connectivity index (χ0) is 20.5. The fourth-order valence-electron chi connectivity index (χ4n) is 4.12. The molecular formula is C22H28N4O3. The second kappa shape index (κ2) is 7.89. The third-order valence-electron chi connectivity index (χ3n) is 6.05. The summed E-state index contributed by atoms with van der Waals surface area (Å²) >= 11 is 0. The van der Waals surface area contributed by atoms with Gasteiger partial charge in [-0.15, -0.1) is 0 Å². The maximum atomic E-state index is 13.2. The van der Waals surface area contributed by atoms with Gasteiger partial charge in [0.25, 0.3) is 5.56 Å². The smallest absolute Gasteiger partial charge is 0.269 e. The Kier molecular flexibility index (Phi) is 5.30. The van der Waals surface area contributed by atoms with Gasteiger partial charge in [-0.05, 0) is 32.8 Å². The van der Waals surface area contributed by atoms with Crippen LogP contribution < -0.4 is 15.2 Å². The number of benzene rings is 1. The first-order valence-electron chi connectivity index (χ1n) is 10.3. The predicted octanol–water partition coefficient (Wildman–Crippen LogP) is 2.43. The normalized spacial score (nSPS) is 21.0. The Balaban J connectivity index is 1.50. The fourth-order valence-corrected chi connectivity index (χ4v) is 4.12. The molecule has 1 amide bonds. The van der Waals surface area contributed by atoms with Crippen molar-refractivity contribution in [1.29, 1.82) is 0 Å². The first-order chi connectivity index (χ1) is 14.0. The van der Waals surface area contributed by atoms with E-state index in [-0.39, 0.29) is 29.5 Å². The first-order valence-corrected chi connectivity index (χ1v) is 10.3. The summed E-state index contributed by atoms with van der Waals surface area (Å²) in [6, 6.07) is 9.54. The molecule has 1 saturated heterocycles. The molecule has 3 heterocycles. The second-order valence-corrected chi connectivity index (χ2v) is 8.18. The van der Waals surface area contributed by atoms with E-state index < -0.39 is 0 Å². The van der Waals surface area contributed by atoms with Crippen molar-refractivity contribution in [2.24, 2.45) is 0 Å². The lowest BCUT2D eigenvalue weighted by molar-refractivity contribution is -0.134. The summed E-state index contributed by atoms with van der Waals surface area (Å²) < 4.78 is 7.23. The SMILES string of the molecule is CC(C)N(C)c1cnn([C@H]2CCCN(C(=O)[C@H]3COc4ccccc43)C2)c(=O)c1. The molecule has 0 unspecified atom stereocenters. The zero-order valence-corrected chi connectivity index (χ0v) is 17.2. The van der Waals surface area contributed by atoms with Crippen LogP contribution in [0.1, 0.15) is 44.2 Å². The van der Waals surface area contributed by atoms with Crippen LogP contribution in [0.2, 0.25) is 0 Å². The lowest BCUT2D eigenvalue weighted by atomic mass is 9.97. The largest absolute Gasteiger partial charge is 0.492 e. The number of anilines is 1. The highest BCUT2D eigenvalue weighted by atomic mass is 16.5. The highest BCUT2D eigenvalue weighted by molar-refractivity contribution is 5.85. The molecule has 0 aliphatic carbocycles. The van der Waals surface area contributed by atoms with Crippen molar-refractivity contribution in [2.75, 3.05) is 31.6 Å². The maximum absolute atomic E-state index is 13.2. The van der Waals surface area contributed by atoms with Gasteiger partial charge < -0.3 is 14.5 Å². The molecular weight excluding hydrogens is 368 g/mol. The highest BCUT2D eigenvalue weighted by Crippen LogP contribution is 2.35. The number of fused-ring (bicyclic) bond motifs is 1. The zero-order valence-electron chi connectivity index (χ0n) is 17.2. The number of piperidine rings is 1. The maximum Gasteiger partial charge on any atom is 0.269 e. The van der Waals surface area contributed by atoms with E-state index in [4.69, 9.17) is 4.74 Å². The Bertz CT molecular complexity index is 955. The average molecular weight is 396 g/mol. The van der Waals surface area contributed by atoms with Crippen molar-refractivity contribution < 1.29 is 9.53 Å². The number of para-hydroxylation sites is 1. The number of hydrogen-bond donors (Lipinski definition) is 0. The Hall–Kier alpha value is -2.83. The third kappa shape index (κ3) is 3.73. The van der Waals surface area contributed by atoms with Crippen LogP contribution in [0, 0.1) is 0 Å². The lowest BCUT2D eigenvalue weighted by Crippen LogP contribution is -2.45. The van der Waals surface area contributed by atoms with Gasteiger partial charge in [-0.1, -0.05) is 18.2 Å². The van der Waals surface area contributed by atoms with Gasteiger partial charge in [0.15, 0.2) is 0 Å². The van der Waals surface area contributed by atoms with Gasteiger partial charge in [-0.3, -0.25) is 9.59 Å². The van der Waals surface area contributed by atoms with Crippen LogP contribution in [0.15, 0.2) is 41.3 Å². The standard InChI is InChI=1S/C22H28N4O3/c1-15(2)24(3)17-11-21(27)26(23-12-17)16-7-6-10-25(13-16)22(28)19-14-29-20-9-5-4-8-18(19)20/h4-5,8-9,11-12,15-16,19H,6-7,10,13-14H2,1-3H3/t16-,19-/m0/s1. The van der Waals surface area contributed by atoms with Crippen LogP contribution in [0.4, 0.5) is 5.69 Å². The molecule has 1 fully saturated rings. The lowest BCUT2D eigenvalue weighted by Gasteiger charge is -2.34. The Labute approximate surface area is 170 Å². The molecule has 2 aliphatic rings. The van der Waals surface area contributed by atoms with Gasteiger partial charge in [-0.2, -0.15) is 5.10 Å². The molecule has 7 heteroatoms. The molecule has 4 rings (SSSR count). The van der Waals surface area contributed by atoms with Crippen LogP contribution in [-0.2, 0) is 4.79 Å². The van der Waals surface area contributed by atoms with Crippen molar-refractivity contribution >= 4 is 11.6 Å². The molecule has 0 spiro atoms. The van der Waals surface area contributed by atoms with Crippen LogP contribution >= 0.6 is 0 Å². The third-order valence-corrected chi connectivity index (χ3v) is 6.05. The predicted molar refractivity (Wildman–Crippen MR) is 112 cm³/mol. The first kappa shape index (κ1) is 19.5. The summed E-state index contributed by atoms with van der Waals surface area (Å²) in [5.74, 6) is 0.600. The van der Waals surface area contributed by atoms with Crippen molar-refractivity contribution in [2.45, 2.75) is 44.7 Å². The number of ether oxygens (including phenoxy) is 1. The minimum Gasteiger partial charge on any atom is -0.492 e. The molecule has 1 aromatic carbocycles. The number of carbonyl (C=O) groups is 1. The fraction of sp³-hybridized carbons (Fsp3) is 0.500. The molecule has 2 atom stereocenters. The van der Waals surface area contributed by atoms with E-state index in [2.05, 4.69) is 18.9 Å². The summed E-state index contributed by atoms with van der Waals surface area (Å²) in [5.41, 5.74) is 1.64. The van der Waals surface area contributed by atoms with E-state index in [0.717, 1.165) is 29.8 Å². The van der Waals surface area contributed by atoms with E-state index in [9.17, 15) is 9.59 Å². The van der Waals surface area contributed by atoms with Crippen molar-refractivity contribution in [3.8, 4) is 5.75 Å². The van der Waals surface area contributed by atoms with Gasteiger partial charge in [0.05, 0.1) is 17.9 Å². The minimum absolute atomic E-state index is 0.0730. The highest BCUT2D eigenvalue weighted by Gasteiger charge is 2.35. The summed E-state index contributed by atoms with van der Waals surface area (Å²) in [5, 5.41) is 4.43. The monoisotopic (exact) mass is 396 g/mol. The molecule has 29 heavy (non-hydrogen) atoms. The van der Waals surface area contributed by atoms with Gasteiger partial charge in [0.1, 0.15) is 18.3 Å². The summed E-state index contributed by atoms with van der Waals surface area (Å²) in [6.45, 7) is 5.73. The number of aromatic nitrogens is 2. The van der Waals surface area contributed by atoms with E-state index >= 15 is 0 Å². The topological polar surface area (TPSA) is 67.7 Å². The number of likely N-dealkylation sites (tertiary alicyclic amines) is 1. The summed E-state index contributed by atoms with van der Waals surface area (Å²) in [6.07, 6.45) is 3.43. The molecule has 0 radical (unpaired) electrons. The van der Waals surface area contributed by atoms with Crippen LogP contribution in [0.3, 0.4) is 0 Å². The Morgan fingerprint density at radius 2 is 2.10 bits per heavy atom. The molecule has 7 nitrogen and oxygen atoms in total. The number of nitrogens with zero attached hydrogens (tertiary/aromatic N) is 4. The number of carbonyl (C=O) groups excluding carboxylic acids is 1. The van der Waals surface area contributed by atoms with Crippen LogP contribution in [0.5, 0.6) is 5.75 Å². The van der Waals surface area contributed by atoms with Gasteiger partial charge in [0.2, 0.25) is 5.91 Å². The molecule has 2 aromatic rings. The summed E-state index contributed by atoms with van der Waals surface area (Å²) in [7, 11) is 1.95. The van der Waals surface area contributed by atoms with Crippen molar-refractivity contribution in [3.63, 3.8) is 0 Å². The molecule has 0 bridgehead atoms. The van der Waals surface area contributed by atoms with E-state index in [1.807, 2.05) is 41.1 Å². The van der Waals surface area contributed by atoms with Crippen LogP contribution in [-0.4, -0.2) is 53.4 Å². The molecule has 2 aliphatic heterocycles. The average Bonchev–Trinajstić information content (AvgIpc) is 3.16. The van der Waals surface area contributed by atoms with Crippen molar-refractivity contribution in [1.82, 2.24) is 14.7 Å². The van der Waals surface area contributed by atoms with Gasteiger partial charge in [-0.25, -0.2) is 4.68 Å². The summed E-state index contributed by atoms with van der Waals surface area (Å²) in [4.78, 5) is 29.8. The van der Waals surface area contributed by atoms with E-state index in [1.165, 1.54) is 4.68 Å². The van der Waals surface area contributed by atoms with E-state index in [1.54, 1.807) is 12.3 Å². The Morgan fingerprint density at radius 1 is 1.31 bits per heavy atom. The minimum atomic E-state index is -0.267. The van der Waals surface area contributed by atoms with Crippen molar-refractivity contribution in [3.05, 3.63) is 52.4 Å². The van der Waals surface area contributed by atoms with Gasteiger partial charge in [0, 0.05) is 37.8 Å². The number of rotatable bonds is 4.